The van der Waals surface area contributed by atoms with E-state index in [1.807, 2.05) is 12.5 Å². The summed E-state index contributed by atoms with van der Waals surface area (Å²) in [6, 6.07) is 0.498. The van der Waals surface area contributed by atoms with Gasteiger partial charge in [0.05, 0.1) is 12.0 Å². The number of hydrogen-bond donors (Lipinski definition) is 1. The van der Waals surface area contributed by atoms with Crippen LogP contribution in [-0.2, 0) is 6.54 Å². The van der Waals surface area contributed by atoms with Crippen LogP contribution in [0.5, 0.6) is 0 Å². The number of nitrogens with zero attached hydrogens (tertiary/aromatic N) is 2. The van der Waals surface area contributed by atoms with Crippen molar-refractivity contribution >= 4 is 0 Å². The second kappa shape index (κ2) is 9.15. The zero-order valence-corrected chi connectivity index (χ0v) is 12.3. The van der Waals surface area contributed by atoms with Crippen LogP contribution in [0.15, 0.2) is 12.5 Å². The van der Waals surface area contributed by atoms with E-state index in [0.29, 0.717) is 6.04 Å². The predicted molar refractivity (Wildman–Crippen MR) is 77.7 cm³/mol. The van der Waals surface area contributed by atoms with Gasteiger partial charge in [-0.25, -0.2) is 4.98 Å². The van der Waals surface area contributed by atoms with Crippen LogP contribution >= 0.6 is 0 Å². The Morgan fingerprint density at radius 2 is 1.89 bits per heavy atom. The summed E-state index contributed by atoms with van der Waals surface area (Å²) in [6.07, 6.45) is 12.0. The Morgan fingerprint density at radius 1 is 1.17 bits per heavy atom. The third-order valence-corrected chi connectivity index (χ3v) is 3.32. The molecule has 3 nitrogen and oxygen atoms in total. The average molecular weight is 251 g/mol. The standard InChI is InChI=1S/C15H29N3/c1-4-5-6-7-8-9-10-16-11-15-12-17-13-18(15)14(2)3/h12-14,16H,4-11H2,1-3H3. The summed E-state index contributed by atoms with van der Waals surface area (Å²) in [4.78, 5) is 4.22. The molecule has 1 rings (SSSR count). The van der Waals surface area contributed by atoms with E-state index in [2.05, 4.69) is 35.6 Å². The van der Waals surface area contributed by atoms with Crippen molar-refractivity contribution in [1.82, 2.24) is 14.9 Å². The van der Waals surface area contributed by atoms with Crippen molar-refractivity contribution < 1.29 is 0 Å². The number of unbranched alkanes of at least 4 members (excludes halogenated alkanes) is 5. The van der Waals surface area contributed by atoms with Crippen LogP contribution in [0.25, 0.3) is 0 Å². The number of nitrogens with one attached hydrogen (secondary N) is 1. The SMILES string of the molecule is CCCCCCCCNCc1cncn1C(C)C. The lowest BCUT2D eigenvalue weighted by Gasteiger charge is -2.12. The number of rotatable bonds is 10. The van der Waals surface area contributed by atoms with Gasteiger partial charge in [0.2, 0.25) is 0 Å². The number of aromatic nitrogens is 2. The van der Waals surface area contributed by atoms with E-state index >= 15 is 0 Å². The number of hydrogen-bond acceptors (Lipinski definition) is 2. The van der Waals surface area contributed by atoms with Gasteiger partial charge in [-0.3, -0.25) is 0 Å². The molecule has 0 saturated carbocycles. The maximum atomic E-state index is 4.22. The van der Waals surface area contributed by atoms with Crippen molar-refractivity contribution in [2.24, 2.45) is 0 Å². The van der Waals surface area contributed by atoms with Crippen molar-refractivity contribution in [3.63, 3.8) is 0 Å². The van der Waals surface area contributed by atoms with Crippen molar-refractivity contribution in [2.75, 3.05) is 6.54 Å². The largest absolute Gasteiger partial charge is 0.331 e. The minimum Gasteiger partial charge on any atom is -0.331 e. The monoisotopic (exact) mass is 251 g/mol. The summed E-state index contributed by atoms with van der Waals surface area (Å²) in [5.41, 5.74) is 1.29. The van der Waals surface area contributed by atoms with E-state index in [-0.39, 0.29) is 0 Å². The van der Waals surface area contributed by atoms with Gasteiger partial charge in [0.1, 0.15) is 0 Å². The van der Waals surface area contributed by atoms with E-state index in [1.54, 1.807) is 0 Å². The molecule has 0 spiro atoms. The summed E-state index contributed by atoms with van der Waals surface area (Å²) in [7, 11) is 0. The van der Waals surface area contributed by atoms with Crippen molar-refractivity contribution in [3.05, 3.63) is 18.2 Å². The molecule has 3 heteroatoms. The average Bonchev–Trinajstić information content (AvgIpc) is 2.81. The Labute approximate surface area is 112 Å². The van der Waals surface area contributed by atoms with Crippen molar-refractivity contribution in [1.29, 1.82) is 0 Å². The lowest BCUT2D eigenvalue weighted by Crippen LogP contribution is -2.17. The Hall–Kier alpha value is -0.830. The molecule has 1 aromatic heterocycles. The summed E-state index contributed by atoms with van der Waals surface area (Å²) in [5, 5.41) is 3.51. The molecule has 104 valence electrons. The fourth-order valence-corrected chi connectivity index (χ4v) is 2.18. The fourth-order valence-electron chi connectivity index (χ4n) is 2.18. The third-order valence-electron chi connectivity index (χ3n) is 3.32. The van der Waals surface area contributed by atoms with Crippen LogP contribution < -0.4 is 5.32 Å². The van der Waals surface area contributed by atoms with Gasteiger partial charge < -0.3 is 9.88 Å². The van der Waals surface area contributed by atoms with Crippen molar-refractivity contribution in [2.45, 2.75) is 71.9 Å². The van der Waals surface area contributed by atoms with E-state index < -0.39 is 0 Å². The molecule has 0 unspecified atom stereocenters. The molecule has 1 aromatic rings. The smallest absolute Gasteiger partial charge is 0.0951 e. The summed E-state index contributed by atoms with van der Waals surface area (Å²) < 4.78 is 2.23. The molecule has 18 heavy (non-hydrogen) atoms. The number of imidazole rings is 1. The minimum atomic E-state index is 0.498. The van der Waals surface area contributed by atoms with Gasteiger partial charge in [0, 0.05) is 18.8 Å². The Morgan fingerprint density at radius 3 is 2.61 bits per heavy atom. The Kier molecular flexibility index (Phi) is 7.74. The molecule has 0 aliphatic rings. The molecular formula is C15H29N3. The van der Waals surface area contributed by atoms with Gasteiger partial charge in [0.25, 0.3) is 0 Å². The molecule has 0 radical (unpaired) electrons. The lowest BCUT2D eigenvalue weighted by atomic mass is 10.1. The molecule has 0 bridgehead atoms. The first-order valence-electron chi connectivity index (χ1n) is 7.47. The second-order valence-corrected chi connectivity index (χ2v) is 5.33. The molecular weight excluding hydrogens is 222 g/mol. The van der Waals surface area contributed by atoms with Gasteiger partial charge in [-0.05, 0) is 26.8 Å². The Bertz CT molecular complexity index is 304. The summed E-state index contributed by atoms with van der Waals surface area (Å²) >= 11 is 0. The highest BCUT2D eigenvalue weighted by molar-refractivity contribution is 4.99. The highest BCUT2D eigenvalue weighted by atomic mass is 15.1. The van der Waals surface area contributed by atoms with Crippen LogP contribution in [0, 0.1) is 0 Å². The van der Waals surface area contributed by atoms with E-state index in [0.717, 1.165) is 13.1 Å². The maximum Gasteiger partial charge on any atom is 0.0951 e. The molecule has 0 atom stereocenters. The fraction of sp³-hybridized carbons (Fsp3) is 0.800. The van der Waals surface area contributed by atoms with Crippen molar-refractivity contribution in [3.8, 4) is 0 Å². The third kappa shape index (κ3) is 5.67. The molecule has 0 fully saturated rings. The highest BCUT2D eigenvalue weighted by Crippen LogP contribution is 2.08. The molecule has 0 aliphatic heterocycles. The highest BCUT2D eigenvalue weighted by Gasteiger charge is 2.03. The topological polar surface area (TPSA) is 29.9 Å². The first-order chi connectivity index (χ1) is 8.75. The first kappa shape index (κ1) is 15.2. The van der Waals surface area contributed by atoms with E-state index in [1.165, 1.54) is 44.2 Å². The van der Waals surface area contributed by atoms with Crippen LogP contribution in [0.3, 0.4) is 0 Å². The summed E-state index contributed by atoms with van der Waals surface area (Å²) in [5.74, 6) is 0. The van der Waals surface area contributed by atoms with Crippen LogP contribution in [0.1, 0.15) is 71.0 Å². The molecule has 1 N–H and O–H groups in total. The molecule has 0 amide bonds. The zero-order chi connectivity index (χ0) is 13.2. The maximum absolute atomic E-state index is 4.22. The quantitative estimate of drug-likeness (QED) is 0.639. The predicted octanol–water partition coefficient (Wildman–Crippen LogP) is 3.91. The van der Waals surface area contributed by atoms with Crippen LogP contribution in [-0.4, -0.2) is 16.1 Å². The Balaban J connectivity index is 2.05. The van der Waals surface area contributed by atoms with Crippen LogP contribution in [0.4, 0.5) is 0 Å². The van der Waals surface area contributed by atoms with E-state index in [4.69, 9.17) is 0 Å². The van der Waals surface area contributed by atoms with Crippen LogP contribution in [0.2, 0.25) is 0 Å². The molecule has 0 aliphatic carbocycles. The molecule has 0 aromatic carbocycles. The summed E-state index contributed by atoms with van der Waals surface area (Å²) in [6.45, 7) is 8.71. The van der Waals surface area contributed by atoms with Gasteiger partial charge in [-0.1, -0.05) is 39.0 Å². The first-order valence-corrected chi connectivity index (χ1v) is 7.47. The normalized spacial score (nSPS) is 11.3. The lowest BCUT2D eigenvalue weighted by molar-refractivity contribution is 0.534. The van der Waals surface area contributed by atoms with Gasteiger partial charge in [-0.15, -0.1) is 0 Å². The molecule has 0 saturated heterocycles. The van der Waals surface area contributed by atoms with Gasteiger partial charge in [-0.2, -0.15) is 0 Å². The zero-order valence-electron chi connectivity index (χ0n) is 12.3. The minimum absolute atomic E-state index is 0.498. The van der Waals surface area contributed by atoms with E-state index in [9.17, 15) is 0 Å². The molecule has 1 heterocycles. The van der Waals surface area contributed by atoms with Gasteiger partial charge in [0.15, 0.2) is 0 Å². The second-order valence-electron chi connectivity index (χ2n) is 5.33. The van der Waals surface area contributed by atoms with Gasteiger partial charge >= 0.3 is 0 Å².